The van der Waals surface area contributed by atoms with E-state index in [1.807, 2.05) is 32.2 Å². The van der Waals surface area contributed by atoms with Crippen LogP contribution in [0.2, 0.25) is 0 Å². The molecule has 0 atom stereocenters. The molecule has 1 N–H and O–H groups in total. The first-order valence-corrected chi connectivity index (χ1v) is 11.5. The van der Waals surface area contributed by atoms with Gasteiger partial charge in [-0.3, -0.25) is 9.67 Å². The molecule has 0 aliphatic rings. The van der Waals surface area contributed by atoms with Gasteiger partial charge in [0, 0.05) is 41.6 Å². The van der Waals surface area contributed by atoms with Crippen LogP contribution in [0.4, 0.5) is 20.4 Å². The normalized spacial score (nSPS) is 11.2. The Hall–Kier alpha value is -4.46. The lowest BCUT2D eigenvalue weighted by Crippen LogP contribution is -1.99. The highest BCUT2D eigenvalue weighted by molar-refractivity contribution is 5.78. The second-order valence-corrected chi connectivity index (χ2v) is 7.39. The second-order valence-electron chi connectivity index (χ2n) is 7.39. The second kappa shape index (κ2) is 12.9. The summed E-state index contributed by atoms with van der Waals surface area (Å²) in [5.74, 6) is -0.290. The Morgan fingerprint density at radius 2 is 1.86 bits per heavy atom. The summed E-state index contributed by atoms with van der Waals surface area (Å²) in [4.78, 5) is 13.1. The molecule has 184 valence electrons. The van der Waals surface area contributed by atoms with Gasteiger partial charge >= 0.3 is 0 Å². The maximum Gasteiger partial charge on any atom is 0.227 e. The molecule has 0 amide bonds. The lowest BCUT2D eigenvalue weighted by Gasteiger charge is -2.07. The number of pyridine rings is 1. The van der Waals surface area contributed by atoms with Crippen LogP contribution in [0.5, 0.6) is 0 Å². The molecule has 3 heterocycles. The quantitative estimate of drug-likeness (QED) is 0.265. The highest BCUT2D eigenvalue weighted by Gasteiger charge is 2.15. The smallest absolute Gasteiger partial charge is 0.227 e. The van der Waals surface area contributed by atoms with Crippen LogP contribution in [0.3, 0.4) is 0 Å². The van der Waals surface area contributed by atoms with E-state index in [9.17, 15) is 8.78 Å². The van der Waals surface area contributed by atoms with Crippen LogP contribution in [0, 0.1) is 5.82 Å². The first kappa shape index (κ1) is 26.2. The Bertz CT molecular complexity index is 1340. The third kappa shape index (κ3) is 7.02. The van der Waals surface area contributed by atoms with Crippen LogP contribution in [-0.2, 0) is 6.54 Å². The van der Waals surface area contributed by atoms with Crippen molar-refractivity contribution in [1.29, 1.82) is 0 Å². The number of nitrogens with zero attached hydrogens (tertiary/aromatic N) is 5. The van der Waals surface area contributed by atoms with Crippen molar-refractivity contribution in [3.05, 3.63) is 109 Å². The molecular formula is C28H28F2N6. The van der Waals surface area contributed by atoms with Gasteiger partial charge in [-0.15, -0.1) is 0 Å². The molecule has 4 aromatic rings. The summed E-state index contributed by atoms with van der Waals surface area (Å²) in [6, 6.07) is 11.5. The Balaban J connectivity index is 0.00000176. The molecule has 0 spiro atoms. The van der Waals surface area contributed by atoms with Gasteiger partial charge in [-0.25, -0.2) is 18.7 Å². The molecule has 0 aliphatic heterocycles. The molecule has 0 saturated carbocycles. The minimum absolute atomic E-state index is 0.321. The first-order chi connectivity index (χ1) is 17.5. The Morgan fingerprint density at radius 1 is 1.08 bits per heavy atom. The maximum absolute atomic E-state index is 13.4. The summed E-state index contributed by atoms with van der Waals surface area (Å²) in [6.45, 7) is 9.99. The number of rotatable bonds is 8. The summed E-state index contributed by atoms with van der Waals surface area (Å²) in [7, 11) is 0. The minimum Gasteiger partial charge on any atom is -0.324 e. The van der Waals surface area contributed by atoms with Crippen LogP contribution in [0.25, 0.3) is 22.5 Å². The van der Waals surface area contributed by atoms with Gasteiger partial charge in [0.15, 0.2) is 0 Å². The zero-order chi connectivity index (χ0) is 25.9. The molecule has 0 aliphatic carbocycles. The topological polar surface area (TPSA) is 68.5 Å². The molecule has 0 bridgehead atoms. The van der Waals surface area contributed by atoms with Gasteiger partial charge in [0.25, 0.3) is 0 Å². The molecule has 0 saturated heterocycles. The molecule has 0 unspecified atom stereocenters. The summed E-state index contributed by atoms with van der Waals surface area (Å²) < 4.78 is 28.4. The number of hydrogen-bond donors (Lipinski definition) is 1. The molecule has 3 aromatic heterocycles. The van der Waals surface area contributed by atoms with E-state index in [0.717, 1.165) is 11.1 Å². The SMILES string of the molecule is C=C(/C=C\C(F)=C/C)Cn1cc(-c2ccnc(Nc3ccc(F)cc3)n2)c(-c2cccnc2)n1.CC. The highest BCUT2D eigenvalue weighted by atomic mass is 19.1. The van der Waals surface area contributed by atoms with E-state index in [0.29, 0.717) is 35.1 Å². The molecule has 8 heteroatoms. The van der Waals surface area contributed by atoms with Gasteiger partial charge in [-0.2, -0.15) is 5.10 Å². The third-order valence-corrected chi connectivity index (χ3v) is 4.85. The zero-order valence-electron chi connectivity index (χ0n) is 20.5. The van der Waals surface area contributed by atoms with Gasteiger partial charge in [0.1, 0.15) is 17.3 Å². The molecule has 1 aromatic carbocycles. The van der Waals surface area contributed by atoms with Crippen molar-refractivity contribution >= 4 is 11.6 Å². The van der Waals surface area contributed by atoms with Gasteiger partial charge < -0.3 is 5.32 Å². The Kier molecular flexibility index (Phi) is 9.33. The number of halogens is 2. The maximum atomic E-state index is 13.4. The van der Waals surface area contributed by atoms with Crippen LogP contribution < -0.4 is 5.32 Å². The number of anilines is 2. The van der Waals surface area contributed by atoms with Crippen LogP contribution >= 0.6 is 0 Å². The van der Waals surface area contributed by atoms with E-state index in [-0.39, 0.29) is 11.6 Å². The number of benzene rings is 1. The van der Waals surface area contributed by atoms with E-state index in [2.05, 4.69) is 26.8 Å². The van der Waals surface area contributed by atoms with Crippen molar-refractivity contribution in [2.45, 2.75) is 27.3 Å². The summed E-state index contributed by atoms with van der Waals surface area (Å²) in [5, 5.41) is 7.80. The Labute approximate surface area is 209 Å². The number of allylic oxidation sites excluding steroid dienone is 5. The molecular weight excluding hydrogens is 458 g/mol. The molecule has 0 radical (unpaired) electrons. The molecule has 4 rings (SSSR count). The first-order valence-electron chi connectivity index (χ1n) is 11.5. The fourth-order valence-electron chi connectivity index (χ4n) is 3.19. The zero-order valence-corrected chi connectivity index (χ0v) is 20.5. The van der Waals surface area contributed by atoms with Crippen molar-refractivity contribution in [2.24, 2.45) is 0 Å². The van der Waals surface area contributed by atoms with Crippen LogP contribution in [0.15, 0.2) is 103 Å². The summed E-state index contributed by atoms with van der Waals surface area (Å²) in [6.07, 6.45) is 11.3. The van der Waals surface area contributed by atoms with E-state index >= 15 is 0 Å². The lowest BCUT2D eigenvalue weighted by molar-refractivity contribution is 0.628. The molecule has 6 nitrogen and oxygen atoms in total. The molecule has 0 fully saturated rings. The predicted octanol–water partition coefficient (Wildman–Crippen LogP) is 7.30. The van der Waals surface area contributed by atoms with Crippen molar-refractivity contribution < 1.29 is 8.78 Å². The standard InChI is InChI=1S/C26H22F2N6.C2H6/c1-3-20(27)7-6-18(2)16-34-17-23(25(33-34)19-5-4-13-29-15-19)24-12-14-30-26(32-24)31-22-10-8-21(28)9-11-22;1-2/h3-15,17H,2,16H2,1H3,(H,30,31,32);1-2H3/b7-6-,20-3+;. The fraction of sp³-hybridized carbons (Fsp3) is 0.143. The highest BCUT2D eigenvalue weighted by Crippen LogP contribution is 2.30. The van der Waals surface area contributed by atoms with Crippen molar-refractivity contribution in [3.63, 3.8) is 0 Å². The van der Waals surface area contributed by atoms with Crippen LogP contribution in [-0.4, -0.2) is 24.7 Å². The number of nitrogens with one attached hydrogen (secondary N) is 1. The van der Waals surface area contributed by atoms with Crippen LogP contribution in [0.1, 0.15) is 20.8 Å². The van der Waals surface area contributed by atoms with Gasteiger partial charge in [0.2, 0.25) is 5.95 Å². The lowest BCUT2D eigenvalue weighted by atomic mass is 10.1. The fourth-order valence-corrected chi connectivity index (χ4v) is 3.19. The number of hydrogen-bond acceptors (Lipinski definition) is 5. The van der Waals surface area contributed by atoms with E-state index < -0.39 is 0 Å². The monoisotopic (exact) mass is 486 g/mol. The van der Waals surface area contributed by atoms with E-state index in [1.165, 1.54) is 24.3 Å². The van der Waals surface area contributed by atoms with Gasteiger partial charge in [-0.1, -0.05) is 32.6 Å². The average molecular weight is 487 g/mol. The van der Waals surface area contributed by atoms with Gasteiger partial charge in [0.05, 0.1) is 12.2 Å². The average Bonchev–Trinajstić information content (AvgIpc) is 3.34. The minimum atomic E-state index is -0.333. The summed E-state index contributed by atoms with van der Waals surface area (Å²) in [5.41, 5.74) is 4.28. The van der Waals surface area contributed by atoms with Gasteiger partial charge in [-0.05, 0) is 61.0 Å². The van der Waals surface area contributed by atoms with E-state index in [1.54, 1.807) is 54.5 Å². The number of aromatic nitrogens is 5. The summed E-state index contributed by atoms with van der Waals surface area (Å²) >= 11 is 0. The largest absolute Gasteiger partial charge is 0.324 e. The molecule has 36 heavy (non-hydrogen) atoms. The Morgan fingerprint density at radius 3 is 2.56 bits per heavy atom. The van der Waals surface area contributed by atoms with Crippen molar-refractivity contribution in [3.8, 4) is 22.5 Å². The van der Waals surface area contributed by atoms with Crippen molar-refractivity contribution in [1.82, 2.24) is 24.7 Å². The predicted molar refractivity (Wildman–Crippen MR) is 141 cm³/mol. The third-order valence-electron chi connectivity index (χ3n) is 4.85. The van der Waals surface area contributed by atoms with Crippen molar-refractivity contribution in [2.75, 3.05) is 5.32 Å². The van der Waals surface area contributed by atoms with E-state index in [4.69, 9.17) is 5.10 Å².